The van der Waals surface area contributed by atoms with Crippen LogP contribution >= 0.6 is 22.9 Å². The van der Waals surface area contributed by atoms with Crippen molar-refractivity contribution in [1.82, 2.24) is 9.97 Å². The number of nitrogens with one attached hydrogen (secondary N) is 1. The van der Waals surface area contributed by atoms with E-state index >= 15 is 0 Å². The molecule has 26 heavy (non-hydrogen) atoms. The van der Waals surface area contributed by atoms with Crippen LogP contribution in [0.5, 0.6) is 5.75 Å². The first kappa shape index (κ1) is 18.2. The smallest absolute Gasteiger partial charge is 0.348 e. The summed E-state index contributed by atoms with van der Waals surface area (Å²) in [5.74, 6) is -0.187. The van der Waals surface area contributed by atoms with E-state index in [9.17, 15) is 14.7 Å². The normalized spacial score (nSPS) is 11.7. The number of fused-ring (bicyclic) bond motifs is 1. The molecule has 0 bridgehead atoms. The highest BCUT2D eigenvalue weighted by Crippen LogP contribution is 2.29. The van der Waals surface area contributed by atoms with Gasteiger partial charge in [-0.3, -0.25) is 4.79 Å². The van der Waals surface area contributed by atoms with E-state index in [1.54, 1.807) is 38.1 Å². The summed E-state index contributed by atoms with van der Waals surface area (Å²) >= 11 is 7.38. The lowest BCUT2D eigenvalue weighted by molar-refractivity contribution is 0.0531. The zero-order valence-corrected chi connectivity index (χ0v) is 15.6. The third-order valence-corrected chi connectivity index (χ3v) is 5.11. The maximum absolute atomic E-state index is 12.5. The van der Waals surface area contributed by atoms with Gasteiger partial charge in [-0.2, -0.15) is 0 Å². The molecule has 6 nitrogen and oxygen atoms in total. The van der Waals surface area contributed by atoms with Gasteiger partial charge < -0.3 is 14.8 Å². The van der Waals surface area contributed by atoms with Crippen molar-refractivity contribution in [1.29, 1.82) is 0 Å². The van der Waals surface area contributed by atoms with Crippen LogP contribution in [0.4, 0.5) is 0 Å². The number of hydrogen-bond acceptors (Lipinski definition) is 6. The van der Waals surface area contributed by atoms with Gasteiger partial charge in [0.15, 0.2) is 5.82 Å². The summed E-state index contributed by atoms with van der Waals surface area (Å²) in [5, 5.41) is 10.1. The third-order valence-electron chi connectivity index (χ3n) is 3.65. The van der Waals surface area contributed by atoms with Crippen molar-refractivity contribution in [3.05, 3.63) is 56.4 Å². The number of phenolic OH excluding ortho intramolecular Hbond substituents is 1. The van der Waals surface area contributed by atoms with Gasteiger partial charge in [-0.1, -0.05) is 23.7 Å². The Bertz CT molecular complexity index is 1080. The van der Waals surface area contributed by atoms with Crippen LogP contribution in [0.1, 0.15) is 33.5 Å². The largest absolute Gasteiger partial charge is 0.508 e. The number of nitrogens with zero attached hydrogens (tertiary/aromatic N) is 1. The number of aromatic amines is 1. The molecule has 0 aliphatic heterocycles. The molecule has 134 valence electrons. The highest BCUT2D eigenvalue weighted by Gasteiger charge is 2.20. The number of aryl methyl sites for hydroxylation is 1. The van der Waals surface area contributed by atoms with Crippen molar-refractivity contribution >= 4 is 50.2 Å². The lowest BCUT2D eigenvalue weighted by Gasteiger charge is -2.01. The summed E-state index contributed by atoms with van der Waals surface area (Å²) < 4.78 is 5.02. The molecule has 3 rings (SSSR count). The SMILES string of the molecule is CCOC(=O)c1sc2nc(/C(Cl)=C/c3cccc(O)c3)[nH]c(=O)c2c1C. The molecule has 0 saturated heterocycles. The molecule has 0 saturated carbocycles. The van der Waals surface area contributed by atoms with Gasteiger partial charge in [-0.25, -0.2) is 9.78 Å². The molecular weight excluding hydrogens is 376 g/mol. The van der Waals surface area contributed by atoms with Crippen LogP contribution in [-0.4, -0.2) is 27.7 Å². The number of phenols is 1. The quantitative estimate of drug-likeness (QED) is 0.659. The van der Waals surface area contributed by atoms with Gasteiger partial charge in [0.2, 0.25) is 0 Å². The van der Waals surface area contributed by atoms with E-state index in [1.165, 1.54) is 6.07 Å². The Hall–Kier alpha value is -2.64. The highest BCUT2D eigenvalue weighted by atomic mass is 35.5. The number of rotatable bonds is 4. The summed E-state index contributed by atoms with van der Waals surface area (Å²) in [6.07, 6.45) is 1.58. The first-order chi connectivity index (χ1) is 12.4. The van der Waals surface area contributed by atoms with E-state index in [0.29, 0.717) is 26.2 Å². The molecule has 0 aliphatic carbocycles. The molecule has 0 radical (unpaired) electrons. The number of esters is 1. The van der Waals surface area contributed by atoms with Crippen molar-refractivity contribution < 1.29 is 14.6 Å². The summed E-state index contributed by atoms with van der Waals surface area (Å²) in [4.78, 5) is 32.3. The third kappa shape index (κ3) is 3.49. The molecule has 0 atom stereocenters. The number of carbonyl (C=O) groups excluding carboxylic acids is 1. The van der Waals surface area contributed by atoms with Gasteiger partial charge in [-0.15, -0.1) is 11.3 Å². The van der Waals surface area contributed by atoms with Crippen LogP contribution in [-0.2, 0) is 4.74 Å². The highest BCUT2D eigenvalue weighted by molar-refractivity contribution is 7.20. The number of halogens is 1. The average Bonchev–Trinajstić information content (AvgIpc) is 2.92. The lowest BCUT2D eigenvalue weighted by atomic mass is 10.2. The molecule has 2 aromatic heterocycles. The molecule has 3 aromatic rings. The van der Waals surface area contributed by atoms with Gasteiger partial charge in [0.25, 0.3) is 5.56 Å². The second kappa shape index (κ2) is 7.31. The van der Waals surface area contributed by atoms with Crippen LogP contribution in [0.2, 0.25) is 0 Å². The van der Waals surface area contributed by atoms with Crippen LogP contribution in [0, 0.1) is 6.92 Å². The number of H-pyrrole nitrogens is 1. The first-order valence-corrected chi connectivity index (χ1v) is 8.97. The van der Waals surface area contributed by atoms with E-state index in [-0.39, 0.29) is 28.8 Å². The molecular formula is C18H15ClN2O4S. The number of hydrogen-bond donors (Lipinski definition) is 2. The number of ether oxygens (including phenoxy) is 1. The number of thiophene rings is 1. The van der Waals surface area contributed by atoms with Gasteiger partial charge in [0.1, 0.15) is 15.5 Å². The Morgan fingerprint density at radius 2 is 2.23 bits per heavy atom. The predicted molar refractivity (Wildman–Crippen MR) is 103 cm³/mol. The van der Waals surface area contributed by atoms with Gasteiger partial charge in [0.05, 0.1) is 17.0 Å². The Kier molecular flexibility index (Phi) is 5.11. The lowest BCUT2D eigenvalue weighted by Crippen LogP contribution is -2.10. The molecule has 0 spiro atoms. The van der Waals surface area contributed by atoms with Crippen molar-refractivity contribution in [2.24, 2.45) is 0 Å². The van der Waals surface area contributed by atoms with Crippen molar-refractivity contribution in [3.8, 4) is 5.75 Å². The minimum atomic E-state index is -0.477. The zero-order chi connectivity index (χ0) is 18.8. The molecule has 0 unspecified atom stereocenters. The Morgan fingerprint density at radius 1 is 1.46 bits per heavy atom. The fraction of sp³-hybridized carbons (Fsp3) is 0.167. The average molecular weight is 391 g/mol. The van der Waals surface area contributed by atoms with Crippen molar-refractivity contribution in [2.45, 2.75) is 13.8 Å². The van der Waals surface area contributed by atoms with E-state index in [1.807, 2.05) is 0 Å². The monoisotopic (exact) mass is 390 g/mol. The van der Waals surface area contributed by atoms with Crippen LogP contribution in [0.3, 0.4) is 0 Å². The maximum Gasteiger partial charge on any atom is 0.348 e. The molecule has 8 heteroatoms. The Morgan fingerprint density at radius 3 is 2.92 bits per heavy atom. The summed E-state index contributed by atoms with van der Waals surface area (Å²) in [6, 6.07) is 6.52. The summed E-state index contributed by atoms with van der Waals surface area (Å²) in [6.45, 7) is 3.65. The fourth-order valence-electron chi connectivity index (χ4n) is 2.48. The fourth-order valence-corrected chi connectivity index (χ4v) is 3.77. The van der Waals surface area contributed by atoms with E-state index in [4.69, 9.17) is 16.3 Å². The molecule has 2 heterocycles. The van der Waals surface area contributed by atoms with Crippen LogP contribution in [0.15, 0.2) is 29.1 Å². The molecule has 0 fully saturated rings. The maximum atomic E-state index is 12.5. The zero-order valence-electron chi connectivity index (χ0n) is 14.0. The summed E-state index contributed by atoms with van der Waals surface area (Å²) in [7, 11) is 0. The molecule has 0 aliphatic rings. The summed E-state index contributed by atoms with van der Waals surface area (Å²) in [5.41, 5.74) is 0.820. The first-order valence-electron chi connectivity index (χ1n) is 7.77. The van der Waals surface area contributed by atoms with E-state index < -0.39 is 5.97 Å². The Balaban J connectivity index is 2.08. The second-order valence-electron chi connectivity index (χ2n) is 5.46. The van der Waals surface area contributed by atoms with Gasteiger partial charge >= 0.3 is 5.97 Å². The van der Waals surface area contributed by atoms with Gasteiger partial charge in [-0.05, 0) is 43.2 Å². The minimum absolute atomic E-state index is 0.105. The molecule has 1 aromatic carbocycles. The van der Waals surface area contributed by atoms with Crippen LogP contribution in [0.25, 0.3) is 21.3 Å². The molecule has 2 N–H and O–H groups in total. The number of benzene rings is 1. The van der Waals surface area contributed by atoms with E-state index in [2.05, 4.69) is 9.97 Å². The minimum Gasteiger partial charge on any atom is -0.508 e. The van der Waals surface area contributed by atoms with Gasteiger partial charge in [0, 0.05) is 0 Å². The predicted octanol–water partition coefficient (Wildman–Crippen LogP) is 3.91. The second-order valence-corrected chi connectivity index (χ2v) is 6.86. The number of aromatic hydroxyl groups is 1. The molecule has 0 amide bonds. The standard InChI is InChI=1S/C18H15ClN2O4S/c1-3-25-18(24)14-9(2)13-16(23)20-15(21-17(13)26-14)12(19)8-10-5-4-6-11(22)7-10/h4-8,22H,3H2,1-2H3,(H,20,21,23)/b12-8-. The van der Waals surface area contributed by atoms with Crippen LogP contribution < -0.4 is 5.56 Å². The Labute approximate surface area is 157 Å². The van der Waals surface area contributed by atoms with Crippen molar-refractivity contribution in [2.75, 3.05) is 6.61 Å². The van der Waals surface area contributed by atoms with E-state index in [0.717, 1.165) is 11.3 Å². The number of aromatic nitrogens is 2. The topological polar surface area (TPSA) is 92.3 Å². The number of carbonyl (C=O) groups is 1. The van der Waals surface area contributed by atoms with Crippen molar-refractivity contribution in [3.63, 3.8) is 0 Å².